The molecule has 0 aromatic heterocycles. The van der Waals surface area contributed by atoms with Gasteiger partial charge < -0.3 is 40.8 Å². The van der Waals surface area contributed by atoms with Crippen LogP contribution in [0.4, 0.5) is 4.79 Å². The molecule has 5 N–H and O–H groups in total. The van der Waals surface area contributed by atoms with Gasteiger partial charge in [-0.2, -0.15) is 0 Å². The van der Waals surface area contributed by atoms with Crippen LogP contribution in [0.15, 0.2) is 54.6 Å². The van der Waals surface area contributed by atoms with Crippen LogP contribution in [0.1, 0.15) is 122 Å². The molecule has 3 rings (SSSR count). The molecule has 15 heteroatoms. The molecule has 2 aromatic carbocycles. The fraction of sp³-hybridized carbons (Fsp3) is 0.578. The Balaban J connectivity index is 1.49. The molecule has 2 aromatic rings. The highest BCUT2D eigenvalue weighted by atomic mass is 16.6. The normalized spacial score (nSPS) is 14.9. The zero-order chi connectivity index (χ0) is 44.1. The van der Waals surface area contributed by atoms with Crippen LogP contribution in [0.5, 0.6) is 5.75 Å². The van der Waals surface area contributed by atoms with E-state index in [1.54, 1.807) is 58.0 Å². The Morgan fingerprint density at radius 2 is 1.47 bits per heavy atom. The van der Waals surface area contributed by atoms with Crippen molar-refractivity contribution < 1.29 is 47.8 Å². The highest BCUT2D eigenvalue weighted by Gasteiger charge is 2.35. The van der Waals surface area contributed by atoms with Gasteiger partial charge >= 0.3 is 12.1 Å². The van der Waals surface area contributed by atoms with Crippen LogP contribution >= 0.6 is 0 Å². The molecule has 1 fully saturated rings. The highest BCUT2D eigenvalue weighted by Crippen LogP contribution is 2.27. The first-order valence-corrected chi connectivity index (χ1v) is 21.2. The van der Waals surface area contributed by atoms with Crippen molar-refractivity contribution in [3.05, 3.63) is 65.7 Å². The van der Waals surface area contributed by atoms with Crippen LogP contribution < -0.4 is 31.3 Å². The number of Topliss-reactive ketones (excluding diaryl/α,β-unsaturated/α-hetero) is 1. The van der Waals surface area contributed by atoms with Gasteiger partial charge in [-0.15, -0.1) is 0 Å². The van der Waals surface area contributed by atoms with E-state index in [1.165, 1.54) is 6.92 Å². The zero-order valence-electron chi connectivity index (χ0n) is 36.1. The highest BCUT2D eigenvalue weighted by molar-refractivity contribution is 6.38. The van der Waals surface area contributed by atoms with Gasteiger partial charge in [0.05, 0.1) is 25.8 Å². The number of unbranched alkanes of at least 4 members (excludes halogenated alkanes) is 3. The number of alkyl carbamates (subject to hydrolysis) is 1. The fourth-order valence-electron chi connectivity index (χ4n) is 6.78. The fourth-order valence-corrected chi connectivity index (χ4v) is 6.78. The minimum absolute atomic E-state index is 0.110. The van der Waals surface area contributed by atoms with Gasteiger partial charge in [0, 0.05) is 0 Å². The maximum Gasteiger partial charge on any atom is 0.407 e. The second-order valence-electron chi connectivity index (χ2n) is 16.3. The number of hydrogen-bond donors (Lipinski definition) is 5. The van der Waals surface area contributed by atoms with Crippen molar-refractivity contribution in [2.24, 2.45) is 5.92 Å². The molecule has 0 bridgehead atoms. The number of benzene rings is 2. The molecule has 330 valence electrons. The summed E-state index contributed by atoms with van der Waals surface area (Å²) in [5.41, 5.74) is 0.781. The third-order valence-corrected chi connectivity index (χ3v) is 9.88. The summed E-state index contributed by atoms with van der Waals surface area (Å²) < 4.78 is 16.7. The quantitative estimate of drug-likeness (QED) is 0.0556. The van der Waals surface area contributed by atoms with Crippen molar-refractivity contribution in [1.29, 1.82) is 0 Å². The van der Waals surface area contributed by atoms with Gasteiger partial charge in [-0.05, 0) is 109 Å². The number of carbonyl (C=O) groups excluding carboxylic acids is 7. The second-order valence-corrected chi connectivity index (χ2v) is 16.3. The Bertz CT molecular complexity index is 1720. The lowest BCUT2D eigenvalue weighted by molar-refractivity contribution is -0.158. The number of rotatable bonds is 23. The van der Waals surface area contributed by atoms with E-state index in [9.17, 15) is 33.6 Å². The smallest absolute Gasteiger partial charge is 0.407 e. The number of carbonyl (C=O) groups is 7. The predicted octanol–water partition coefficient (Wildman–Crippen LogP) is 5.28. The molecule has 0 aliphatic heterocycles. The largest absolute Gasteiger partial charge is 0.494 e. The molecule has 0 saturated heterocycles. The van der Waals surface area contributed by atoms with E-state index < -0.39 is 77.8 Å². The minimum atomic E-state index is -1.24. The number of ketones is 1. The Kier molecular flexibility index (Phi) is 20.6. The molecule has 5 amide bonds. The average molecular weight is 836 g/mol. The van der Waals surface area contributed by atoms with Crippen molar-refractivity contribution in [3.63, 3.8) is 0 Å². The molecule has 0 radical (unpaired) electrons. The van der Waals surface area contributed by atoms with Crippen LogP contribution in [-0.4, -0.2) is 85.0 Å². The summed E-state index contributed by atoms with van der Waals surface area (Å²) in [6.07, 6.45) is 7.35. The third-order valence-electron chi connectivity index (χ3n) is 9.88. The summed E-state index contributed by atoms with van der Waals surface area (Å²) in [4.78, 5) is 91.8. The van der Waals surface area contributed by atoms with E-state index in [0.29, 0.717) is 25.0 Å². The van der Waals surface area contributed by atoms with Gasteiger partial charge in [0.2, 0.25) is 23.5 Å². The minimum Gasteiger partial charge on any atom is -0.494 e. The molecular formula is C45H65N5O10. The summed E-state index contributed by atoms with van der Waals surface area (Å²) in [6, 6.07) is 11.9. The van der Waals surface area contributed by atoms with Gasteiger partial charge in [-0.3, -0.25) is 24.0 Å². The first-order valence-electron chi connectivity index (χ1n) is 21.2. The summed E-state index contributed by atoms with van der Waals surface area (Å²) in [5.74, 6) is -4.12. The number of nitrogens with one attached hydrogen (secondary N) is 5. The topological polar surface area (TPSA) is 207 Å². The molecule has 60 heavy (non-hydrogen) atoms. The molecule has 15 nitrogen and oxygen atoms in total. The summed E-state index contributed by atoms with van der Waals surface area (Å²) >= 11 is 0. The summed E-state index contributed by atoms with van der Waals surface area (Å²) in [7, 11) is 0. The molecule has 3 unspecified atom stereocenters. The molecule has 0 spiro atoms. The molecule has 4 atom stereocenters. The monoisotopic (exact) mass is 835 g/mol. The average Bonchev–Trinajstić information content (AvgIpc) is 3.21. The Labute approximate surface area is 354 Å². The first-order chi connectivity index (χ1) is 28.6. The third kappa shape index (κ3) is 17.8. The number of amides is 5. The van der Waals surface area contributed by atoms with Gasteiger partial charge in [0.25, 0.3) is 5.91 Å². The standard InChI is InChI=1S/C45H65N5O10/c1-7-19-35(39(52)42(55)46-29-36(51)49-38(33-23-14-11-15-24-33)43(56)60-45(4,5)6)48-40(53)31(3)47-41(54)37(32-21-12-10-13-22-32)50-44(57)59-27-17-9-8-16-26-58-34-25-18-20-30(2)28-34/h11,14-15,18,20,23-25,28,31-32,35,37-38H,7-10,12-13,16-17,19,21-22,26-27,29H2,1-6H3,(H,46,55)(H,47,54)(H,48,53)(H,49,51)(H,50,57)/t31?,35?,37?,38-/m0/s1. The van der Waals surface area contributed by atoms with E-state index in [1.807, 2.05) is 31.2 Å². The van der Waals surface area contributed by atoms with Crippen LogP contribution in [0.25, 0.3) is 0 Å². The van der Waals surface area contributed by atoms with Crippen molar-refractivity contribution in [1.82, 2.24) is 26.6 Å². The van der Waals surface area contributed by atoms with E-state index in [-0.39, 0.29) is 18.9 Å². The lowest BCUT2D eigenvalue weighted by Crippen LogP contribution is -2.57. The molecule has 1 saturated carbocycles. The SMILES string of the molecule is CCCC(NC(=O)C(C)NC(=O)C(NC(=O)OCCCCCCOc1cccc(C)c1)C1CCCCC1)C(=O)C(=O)NCC(=O)N[C@H](C(=O)OC(C)(C)C)c1ccccc1. The maximum atomic E-state index is 13.6. The van der Waals surface area contributed by atoms with Crippen LogP contribution in [0, 0.1) is 12.8 Å². The predicted molar refractivity (Wildman–Crippen MR) is 226 cm³/mol. The van der Waals surface area contributed by atoms with Gasteiger partial charge in [0.15, 0.2) is 6.04 Å². The first kappa shape index (κ1) is 48.9. The van der Waals surface area contributed by atoms with Gasteiger partial charge in [0.1, 0.15) is 23.4 Å². The van der Waals surface area contributed by atoms with E-state index in [2.05, 4.69) is 26.6 Å². The summed E-state index contributed by atoms with van der Waals surface area (Å²) in [6.45, 7) is 10.5. The van der Waals surface area contributed by atoms with Crippen molar-refractivity contribution in [3.8, 4) is 5.75 Å². The molecular weight excluding hydrogens is 771 g/mol. The van der Waals surface area contributed by atoms with Gasteiger partial charge in [-0.1, -0.05) is 75.1 Å². The van der Waals surface area contributed by atoms with E-state index in [4.69, 9.17) is 14.2 Å². The van der Waals surface area contributed by atoms with Crippen LogP contribution in [0.2, 0.25) is 0 Å². The molecule has 1 aliphatic rings. The zero-order valence-corrected chi connectivity index (χ0v) is 36.1. The Morgan fingerprint density at radius 1 is 0.783 bits per heavy atom. The van der Waals surface area contributed by atoms with Crippen LogP contribution in [0.3, 0.4) is 0 Å². The Hall–Kier alpha value is -5.47. The molecule has 1 aliphatic carbocycles. The number of esters is 1. The maximum absolute atomic E-state index is 13.6. The summed E-state index contributed by atoms with van der Waals surface area (Å²) in [5, 5.41) is 12.8. The number of aryl methyl sites for hydroxylation is 1. The van der Waals surface area contributed by atoms with Crippen LogP contribution in [-0.2, 0) is 38.2 Å². The van der Waals surface area contributed by atoms with Crippen molar-refractivity contribution in [2.75, 3.05) is 19.8 Å². The van der Waals surface area contributed by atoms with E-state index >= 15 is 0 Å². The lowest BCUT2D eigenvalue weighted by Gasteiger charge is -2.30. The van der Waals surface area contributed by atoms with Gasteiger partial charge in [-0.25, -0.2) is 9.59 Å². The number of ether oxygens (including phenoxy) is 3. The van der Waals surface area contributed by atoms with Crippen molar-refractivity contribution >= 4 is 41.5 Å². The van der Waals surface area contributed by atoms with Crippen molar-refractivity contribution in [2.45, 2.75) is 142 Å². The number of hydrogen-bond acceptors (Lipinski definition) is 10. The Morgan fingerprint density at radius 3 is 2.12 bits per heavy atom. The second kappa shape index (κ2) is 25.2. The lowest BCUT2D eigenvalue weighted by atomic mass is 9.83. The molecule has 0 heterocycles. The van der Waals surface area contributed by atoms with E-state index in [0.717, 1.165) is 62.7 Å².